The number of epoxide rings is 1. The maximum Gasteiger partial charge on any atom is 0.424 e. The Morgan fingerprint density at radius 3 is 2.35 bits per heavy atom. The lowest BCUT2D eigenvalue weighted by atomic mass is 10.0. The van der Waals surface area contributed by atoms with Crippen LogP contribution in [0.4, 0.5) is 13.2 Å². The number of hydrogen-bond acceptors (Lipinski definition) is 1. The monoisotopic (exact) mass is 240 g/mol. The van der Waals surface area contributed by atoms with Crippen LogP contribution in [0, 0.1) is 0 Å². The zero-order valence-corrected chi connectivity index (χ0v) is 8.95. The van der Waals surface area contributed by atoms with E-state index in [0.29, 0.717) is 5.56 Å². The molecule has 0 bridgehead atoms. The summed E-state index contributed by atoms with van der Waals surface area (Å²) in [5, 5.41) is 0. The molecule has 17 heavy (non-hydrogen) atoms. The molecular formula is C13H11F3O. The first-order chi connectivity index (χ1) is 7.99. The lowest BCUT2D eigenvalue weighted by molar-refractivity contribution is -0.169. The van der Waals surface area contributed by atoms with Crippen LogP contribution in [0.15, 0.2) is 49.1 Å². The Kier molecular flexibility index (Phi) is 2.83. The van der Waals surface area contributed by atoms with Crippen LogP contribution in [-0.2, 0) is 4.74 Å². The molecule has 90 valence electrons. The van der Waals surface area contributed by atoms with Gasteiger partial charge in [0.15, 0.2) is 0 Å². The van der Waals surface area contributed by atoms with E-state index in [-0.39, 0.29) is 0 Å². The van der Waals surface area contributed by atoms with Gasteiger partial charge in [0.1, 0.15) is 6.10 Å². The van der Waals surface area contributed by atoms with E-state index in [9.17, 15) is 13.2 Å². The van der Waals surface area contributed by atoms with Gasteiger partial charge in [0.2, 0.25) is 5.60 Å². The maximum atomic E-state index is 12.8. The van der Waals surface area contributed by atoms with Crippen LogP contribution in [-0.4, -0.2) is 17.9 Å². The Hall–Kier alpha value is -1.55. The van der Waals surface area contributed by atoms with Crippen LogP contribution < -0.4 is 0 Å². The van der Waals surface area contributed by atoms with Crippen molar-refractivity contribution in [1.29, 1.82) is 0 Å². The van der Waals surface area contributed by atoms with Gasteiger partial charge in [-0.25, -0.2) is 0 Å². The van der Waals surface area contributed by atoms with Gasteiger partial charge in [0.05, 0.1) is 0 Å². The van der Waals surface area contributed by atoms with Gasteiger partial charge in [-0.2, -0.15) is 13.2 Å². The molecule has 1 aliphatic heterocycles. The van der Waals surface area contributed by atoms with Gasteiger partial charge in [-0.05, 0) is 11.6 Å². The first-order valence-electron chi connectivity index (χ1n) is 5.11. The number of ether oxygens (including phenoxy) is 1. The highest BCUT2D eigenvalue weighted by Crippen LogP contribution is 2.51. The molecule has 0 spiro atoms. The van der Waals surface area contributed by atoms with Crippen molar-refractivity contribution < 1.29 is 17.9 Å². The summed E-state index contributed by atoms with van der Waals surface area (Å²) in [4.78, 5) is 0. The number of hydrogen-bond donors (Lipinski definition) is 0. The SMILES string of the molecule is C=C[C@H]1O[C@]1(/C=C/c1ccccc1)C(F)(F)F. The topological polar surface area (TPSA) is 12.5 Å². The summed E-state index contributed by atoms with van der Waals surface area (Å²) in [5.41, 5.74) is -1.49. The van der Waals surface area contributed by atoms with Crippen LogP contribution >= 0.6 is 0 Å². The standard InChI is InChI=1S/C13H11F3O/c1-2-11-12(17-11,13(14,15)16)9-8-10-6-4-3-5-7-10/h2-9,11H,1H2/b9-8+/t11-,12+/m1/s1. The highest BCUT2D eigenvalue weighted by molar-refractivity contribution is 5.52. The second-order valence-corrected chi connectivity index (χ2v) is 3.81. The molecule has 0 aliphatic carbocycles. The van der Waals surface area contributed by atoms with Crippen LogP contribution in [0.2, 0.25) is 0 Å². The second kappa shape index (κ2) is 4.04. The van der Waals surface area contributed by atoms with Crippen LogP contribution in [0.3, 0.4) is 0 Å². The summed E-state index contributed by atoms with van der Waals surface area (Å²) in [6.45, 7) is 3.33. The molecule has 0 radical (unpaired) electrons. The van der Waals surface area contributed by atoms with Crippen molar-refractivity contribution in [2.24, 2.45) is 0 Å². The predicted molar refractivity (Wildman–Crippen MR) is 59.3 cm³/mol. The fourth-order valence-electron chi connectivity index (χ4n) is 1.64. The summed E-state index contributed by atoms with van der Waals surface area (Å²) >= 11 is 0. The Morgan fingerprint density at radius 1 is 1.24 bits per heavy atom. The van der Waals surface area contributed by atoms with E-state index in [1.54, 1.807) is 30.3 Å². The number of rotatable bonds is 3. The van der Waals surface area contributed by atoms with Crippen molar-refractivity contribution in [1.82, 2.24) is 0 Å². The largest absolute Gasteiger partial charge is 0.424 e. The molecule has 1 nitrogen and oxygen atoms in total. The fourth-order valence-corrected chi connectivity index (χ4v) is 1.64. The molecule has 0 saturated carbocycles. The van der Waals surface area contributed by atoms with Crippen LogP contribution in [0.25, 0.3) is 6.08 Å². The summed E-state index contributed by atoms with van der Waals surface area (Å²) in [5.74, 6) is 0. The Labute approximate surface area is 97.2 Å². The normalized spacial score (nSPS) is 28.3. The molecule has 0 amide bonds. The second-order valence-electron chi connectivity index (χ2n) is 3.81. The molecule has 1 saturated heterocycles. The van der Waals surface area contributed by atoms with Crippen molar-refractivity contribution in [3.8, 4) is 0 Å². The van der Waals surface area contributed by atoms with Gasteiger partial charge < -0.3 is 4.74 Å². The summed E-state index contributed by atoms with van der Waals surface area (Å²) < 4.78 is 43.1. The van der Waals surface area contributed by atoms with Gasteiger partial charge in [0.25, 0.3) is 0 Å². The van der Waals surface area contributed by atoms with Crippen molar-refractivity contribution in [2.45, 2.75) is 17.9 Å². The quantitative estimate of drug-likeness (QED) is 0.581. The van der Waals surface area contributed by atoms with E-state index < -0.39 is 17.9 Å². The molecule has 1 aliphatic rings. The van der Waals surface area contributed by atoms with E-state index in [4.69, 9.17) is 4.74 Å². The lowest BCUT2D eigenvalue weighted by Crippen LogP contribution is -2.32. The molecule has 1 aromatic carbocycles. The van der Waals surface area contributed by atoms with E-state index in [2.05, 4.69) is 6.58 Å². The minimum Gasteiger partial charge on any atom is -0.348 e. The predicted octanol–water partition coefficient (Wildman–Crippen LogP) is 3.59. The van der Waals surface area contributed by atoms with Crippen LogP contribution in [0.5, 0.6) is 0 Å². The van der Waals surface area contributed by atoms with Crippen LogP contribution in [0.1, 0.15) is 5.56 Å². The van der Waals surface area contributed by atoms with Crippen molar-refractivity contribution in [2.75, 3.05) is 0 Å². The molecule has 0 unspecified atom stereocenters. The van der Waals surface area contributed by atoms with Crippen molar-refractivity contribution in [3.63, 3.8) is 0 Å². The number of halogens is 3. The molecule has 2 rings (SSSR count). The van der Waals surface area contributed by atoms with Crippen molar-refractivity contribution in [3.05, 3.63) is 54.6 Å². The molecule has 0 aromatic heterocycles. The third-order valence-electron chi connectivity index (χ3n) is 2.67. The first-order valence-corrected chi connectivity index (χ1v) is 5.11. The van der Waals surface area contributed by atoms with Gasteiger partial charge in [-0.3, -0.25) is 0 Å². The zero-order chi connectivity index (χ0) is 12.5. The van der Waals surface area contributed by atoms with Gasteiger partial charge in [0, 0.05) is 0 Å². The minimum absolute atomic E-state index is 0.703. The van der Waals surface area contributed by atoms with Gasteiger partial charge in [-0.1, -0.05) is 42.5 Å². The summed E-state index contributed by atoms with van der Waals surface area (Å²) in [6, 6.07) is 8.78. The maximum absolute atomic E-state index is 12.8. The molecule has 1 fully saturated rings. The van der Waals surface area contributed by atoms with Crippen molar-refractivity contribution >= 4 is 6.08 Å². The van der Waals surface area contributed by atoms with E-state index in [1.165, 1.54) is 12.2 Å². The van der Waals surface area contributed by atoms with E-state index in [0.717, 1.165) is 6.08 Å². The zero-order valence-electron chi connectivity index (χ0n) is 8.95. The average molecular weight is 240 g/mol. The molecular weight excluding hydrogens is 229 g/mol. The lowest BCUT2D eigenvalue weighted by Gasteiger charge is -2.12. The molecule has 2 atom stereocenters. The Morgan fingerprint density at radius 2 is 1.88 bits per heavy atom. The Bertz CT molecular complexity index is 436. The fraction of sp³-hybridized carbons (Fsp3) is 0.231. The molecule has 4 heteroatoms. The third-order valence-corrected chi connectivity index (χ3v) is 2.67. The smallest absolute Gasteiger partial charge is 0.348 e. The summed E-state index contributed by atoms with van der Waals surface area (Å²) in [6.07, 6.45) is -1.77. The minimum atomic E-state index is -4.42. The van der Waals surface area contributed by atoms with Gasteiger partial charge in [-0.15, -0.1) is 6.58 Å². The number of alkyl halides is 3. The number of benzene rings is 1. The average Bonchev–Trinajstić information content (AvgIpc) is 3.02. The Balaban J connectivity index is 2.22. The molecule has 1 heterocycles. The first kappa shape index (κ1) is 11.9. The highest BCUT2D eigenvalue weighted by Gasteiger charge is 2.70. The van der Waals surface area contributed by atoms with E-state index in [1.807, 2.05) is 0 Å². The van der Waals surface area contributed by atoms with Gasteiger partial charge >= 0.3 is 6.18 Å². The van der Waals surface area contributed by atoms with E-state index >= 15 is 0 Å². The molecule has 0 N–H and O–H groups in total. The summed E-state index contributed by atoms with van der Waals surface area (Å²) in [7, 11) is 0. The highest BCUT2D eigenvalue weighted by atomic mass is 19.4. The molecule has 1 aromatic rings. The third kappa shape index (κ3) is 2.13.